The smallest absolute Gasteiger partial charge is 0.248 e. The van der Waals surface area contributed by atoms with Gasteiger partial charge in [-0.3, -0.25) is 5.32 Å². The van der Waals surface area contributed by atoms with Crippen LogP contribution in [0.25, 0.3) is 0 Å². The van der Waals surface area contributed by atoms with Gasteiger partial charge in [0.1, 0.15) is 6.33 Å². The molecule has 25 heavy (non-hydrogen) atoms. The molecule has 1 heterocycles. The minimum absolute atomic E-state index is 0.373. The average Bonchev–Trinajstić information content (AvgIpc) is 2.97. The number of hydrogen-bond acceptors (Lipinski definition) is 3. The van der Waals surface area contributed by atoms with E-state index in [-0.39, 0.29) is 0 Å². The molecule has 0 aliphatic heterocycles. The molecule has 0 aliphatic rings. The van der Waals surface area contributed by atoms with Gasteiger partial charge in [0.05, 0.1) is 17.3 Å². The molecule has 0 saturated heterocycles. The Labute approximate surface area is 164 Å². The molecule has 2 aromatic carbocycles. The van der Waals surface area contributed by atoms with Gasteiger partial charge >= 0.3 is 0 Å². The molecule has 0 unspecified atom stereocenters. The lowest BCUT2D eigenvalue weighted by molar-refractivity contribution is 0.687. The van der Waals surface area contributed by atoms with Crippen LogP contribution in [0.2, 0.25) is 5.02 Å². The Morgan fingerprint density at radius 3 is 2.84 bits per heavy atom. The van der Waals surface area contributed by atoms with Gasteiger partial charge in [0.2, 0.25) is 5.95 Å². The van der Waals surface area contributed by atoms with E-state index in [1.165, 1.54) is 11.1 Å². The summed E-state index contributed by atoms with van der Waals surface area (Å²) in [6.07, 6.45) is 1.67. The number of rotatable bonds is 4. The van der Waals surface area contributed by atoms with E-state index in [1.807, 2.05) is 18.2 Å². The lowest BCUT2D eigenvalue weighted by atomic mass is 10.1. The molecule has 2 N–H and O–H groups in total. The maximum atomic E-state index is 6.17. The normalized spacial score (nSPS) is 10.5. The van der Waals surface area contributed by atoms with Crippen molar-refractivity contribution in [3.8, 4) is 0 Å². The van der Waals surface area contributed by atoms with Crippen LogP contribution in [-0.4, -0.2) is 19.9 Å². The number of aryl methyl sites for hydroxylation is 1. The van der Waals surface area contributed by atoms with Gasteiger partial charge < -0.3 is 5.32 Å². The van der Waals surface area contributed by atoms with Crippen LogP contribution in [0.3, 0.4) is 0 Å². The standard InChI is InChI=1S/C17H15BrClN5S/c1-11-3-2-4-12(7-11)9-24-10-20-16(23-24)22-17(25)21-15-6-5-13(18)8-14(15)19/h2-8,10H,9H2,1H3,(H2,21,22,23,25). The molecule has 0 bridgehead atoms. The third-order valence-corrected chi connectivity index (χ3v) is 4.38. The fraction of sp³-hybridized carbons (Fsp3) is 0.118. The number of thiocarbonyl (C=S) groups is 1. The summed E-state index contributed by atoms with van der Waals surface area (Å²) >= 11 is 14.8. The second-order valence-corrected chi connectivity index (χ2v) is 7.19. The summed E-state index contributed by atoms with van der Waals surface area (Å²) in [6.45, 7) is 2.71. The molecule has 0 aliphatic carbocycles. The molecular weight excluding hydrogens is 422 g/mol. The van der Waals surface area contributed by atoms with Crippen molar-refractivity contribution in [2.45, 2.75) is 13.5 Å². The highest BCUT2D eigenvalue weighted by Gasteiger charge is 2.07. The Hall–Kier alpha value is -1.96. The highest BCUT2D eigenvalue weighted by atomic mass is 79.9. The lowest BCUT2D eigenvalue weighted by Crippen LogP contribution is -2.20. The van der Waals surface area contributed by atoms with Gasteiger partial charge in [-0.25, -0.2) is 9.67 Å². The van der Waals surface area contributed by atoms with Gasteiger partial charge in [0, 0.05) is 4.47 Å². The second-order valence-electron chi connectivity index (χ2n) is 5.46. The van der Waals surface area contributed by atoms with Crippen molar-refractivity contribution >= 4 is 56.5 Å². The van der Waals surface area contributed by atoms with Gasteiger partial charge in [-0.05, 0) is 42.9 Å². The third-order valence-electron chi connectivity index (χ3n) is 3.37. The number of benzene rings is 2. The van der Waals surface area contributed by atoms with Crippen molar-refractivity contribution < 1.29 is 0 Å². The number of hydrogen-bond donors (Lipinski definition) is 2. The molecule has 8 heteroatoms. The number of aromatic nitrogens is 3. The summed E-state index contributed by atoms with van der Waals surface area (Å²) < 4.78 is 2.66. The molecule has 1 aromatic heterocycles. The molecule has 0 radical (unpaired) electrons. The Morgan fingerprint density at radius 1 is 1.24 bits per heavy atom. The topological polar surface area (TPSA) is 54.8 Å². The minimum atomic E-state index is 0.373. The van der Waals surface area contributed by atoms with Crippen molar-refractivity contribution in [2.24, 2.45) is 0 Å². The van der Waals surface area contributed by atoms with Crippen LogP contribution in [0.1, 0.15) is 11.1 Å². The zero-order chi connectivity index (χ0) is 17.8. The van der Waals surface area contributed by atoms with Gasteiger partial charge in [-0.2, -0.15) is 0 Å². The van der Waals surface area contributed by atoms with Crippen molar-refractivity contribution in [1.82, 2.24) is 14.8 Å². The number of nitrogens with zero attached hydrogens (tertiary/aromatic N) is 3. The number of halogens is 2. The molecule has 0 saturated carbocycles. The quantitative estimate of drug-likeness (QED) is 0.572. The molecule has 3 aromatic rings. The van der Waals surface area contributed by atoms with Crippen molar-refractivity contribution in [3.05, 3.63) is 69.4 Å². The molecule has 0 spiro atoms. The van der Waals surface area contributed by atoms with Crippen LogP contribution in [0.4, 0.5) is 11.6 Å². The summed E-state index contributed by atoms with van der Waals surface area (Å²) in [6, 6.07) is 13.8. The summed E-state index contributed by atoms with van der Waals surface area (Å²) in [5.74, 6) is 0.429. The van der Waals surface area contributed by atoms with Crippen LogP contribution in [-0.2, 0) is 6.54 Å². The summed E-state index contributed by atoms with van der Waals surface area (Å²) in [4.78, 5) is 4.23. The van der Waals surface area contributed by atoms with E-state index in [4.69, 9.17) is 23.8 Å². The van der Waals surface area contributed by atoms with E-state index in [9.17, 15) is 0 Å². The van der Waals surface area contributed by atoms with Crippen LogP contribution in [0.15, 0.2) is 53.3 Å². The molecular formula is C17H15BrClN5S. The zero-order valence-corrected chi connectivity index (χ0v) is 16.5. The van der Waals surface area contributed by atoms with E-state index >= 15 is 0 Å². The molecule has 0 amide bonds. The predicted molar refractivity (Wildman–Crippen MR) is 109 cm³/mol. The Balaban J connectivity index is 1.61. The minimum Gasteiger partial charge on any atom is -0.331 e. The molecule has 128 valence electrons. The Bertz CT molecular complexity index is 912. The van der Waals surface area contributed by atoms with Gasteiger partial charge in [0.15, 0.2) is 5.11 Å². The zero-order valence-electron chi connectivity index (χ0n) is 13.3. The van der Waals surface area contributed by atoms with Crippen molar-refractivity contribution in [2.75, 3.05) is 10.6 Å². The number of nitrogens with one attached hydrogen (secondary N) is 2. The van der Waals surface area contributed by atoms with Crippen LogP contribution in [0.5, 0.6) is 0 Å². The Kier molecular flexibility index (Phi) is 5.67. The van der Waals surface area contributed by atoms with E-state index in [0.717, 1.165) is 4.47 Å². The van der Waals surface area contributed by atoms with Crippen molar-refractivity contribution in [3.63, 3.8) is 0 Å². The third kappa shape index (κ3) is 5.01. The fourth-order valence-corrected chi connectivity index (χ4v) is 3.19. The molecule has 5 nitrogen and oxygen atoms in total. The van der Waals surface area contributed by atoms with E-state index < -0.39 is 0 Å². The lowest BCUT2D eigenvalue weighted by Gasteiger charge is -2.09. The summed E-state index contributed by atoms with van der Waals surface area (Å²) in [5.41, 5.74) is 3.09. The molecule has 0 atom stereocenters. The van der Waals surface area contributed by atoms with Crippen LogP contribution >= 0.6 is 39.7 Å². The first-order valence-corrected chi connectivity index (χ1v) is 9.05. The monoisotopic (exact) mass is 435 g/mol. The first kappa shape index (κ1) is 17.8. The largest absolute Gasteiger partial charge is 0.331 e. The first-order chi connectivity index (χ1) is 12.0. The molecule has 0 fully saturated rings. The highest BCUT2D eigenvalue weighted by molar-refractivity contribution is 9.10. The predicted octanol–water partition coefficient (Wildman–Crippen LogP) is 4.86. The van der Waals surface area contributed by atoms with Crippen LogP contribution in [0, 0.1) is 6.92 Å². The van der Waals surface area contributed by atoms with Gasteiger partial charge in [0.25, 0.3) is 0 Å². The van der Waals surface area contributed by atoms with Crippen LogP contribution < -0.4 is 10.6 Å². The SMILES string of the molecule is Cc1cccc(Cn2cnc(NC(=S)Nc3ccc(Br)cc3Cl)n2)c1. The maximum Gasteiger partial charge on any atom is 0.248 e. The first-order valence-electron chi connectivity index (χ1n) is 7.47. The van der Waals surface area contributed by atoms with E-state index in [0.29, 0.717) is 28.3 Å². The summed E-state index contributed by atoms with van der Waals surface area (Å²) in [5, 5.41) is 11.3. The van der Waals surface area contributed by atoms with E-state index in [2.05, 4.69) is 61.8 Å². The summed E-state index contributed by atoms with van der Waals surface area (Å²) in [7, 11) is 0. The average molecular weight is 437 g/mol. The van der Waals surface area contributed by atoms with Gasteiger partial charge in [-0.1, -0.05) is 57.4 Å². The fourth-order valence-electron chi connectivity index (χ4n) is 2.27. The van der Waals surface area contributed by atoms with Gasteiger partial charge in [-0.15, -0.1) is 5.10 Å². The number of anilines is 2. The highest BCUT2D eigenvalue weighted by Crippen LogP contribution is 2.25. The maximum absolute atomic E-state index is 6.17. The van der Waals surface area contributed by atoms with E-state index in [1.54, 1.807) is 17.1 Å². The molecule has 3 rings (SSSR count). The Morgan fingerprint density at radius 2 is 2.08 bits per heavy atom. The van der Waals surface area contributed by atoms with Crippen molar-refractivity contribution in [1.29, 1.82) is 0 Å². The second kappa shape index (κ2) is 7.95.